The second-order valence-electron chi connectivity index (χ2n) is 3.33. The quantitative estimate of drug-likeness (QED) is 0.741. The molecule has 4 nitrogen and oxygen atoms in total. The van der Waals surface area contributed by atoms with Gasteiger partial charge in [-0.1, -0.05) is 0 Å². The number of carboxylic acid groups (broad SMARTS) is 1. The lowest BCUT2D eigenvalue weighted by Gasteiger charge is -2.15. The van der Waals surface area contributed by atoms with Gasteiger partial charge in [0.1, 0.15) is 11.2 Å². The van der Waals surface area contributed by atoms with E-state index in [0.717, 1.165) is 6.54 Å². The van der Waals surface area contributed by atoms with Crippen molar-refractivity contribution in [2.24, 2.45) is 0 Å². The number of hydrogen-bond donors (Lipinski definition) is 1. The van der Waals surface area contributed by atoms with E-state index in [2.05, 4.69) is 4.98 Å². The second-order valence-corrected chi connectivity index (χ2v) is 3.33. The van der Waals surface area contributed by atoms with Crippen molar-refractivity contribution in [2.45, 2.75) is 25.3 Å². The number of rotatable bonds is 1. The standard InChI is InChI=1S/C8H10N2O2.ClH/c1-8(7(11)12)2-4-10-5-3-9-6(8)10;/h3,5H,2,4H2,1H3,(H,11,12);1H. The van der Waals surface area contributed by atoms with Gasteiger partial charge < -0.3 is 9.67 Å². The number of halogens is 1. The van der Waals surface area contributed by atoms with E-state index < -0.39 is 11.4 Å². The molecular formula is C8H11ClN2O2. The molecule has 1 aliphatic heterocycles. The first kappa shape index (κ1) is 10.1. The SMILES string of the molecule is CC1(C(=O)O)CCn2ccnc21.Cl. The Bertz CT molecular complexity index is 337. The number of imidazole rings is 1. The van der Waals surface area contributed by atoms with Crippen molar-refractivity contribution < 1.29 is 9.90 Å². The molecule has 2 heterocycles. The number of aromatic nitrogens is 2. The number of fused-ring (bicyclic) bond motifs is 1. The first-order valence-electron chi connectivity index (χ1n) is 3.89. The Morgan fingerprint density at radius 3 is 3.08 bits per heavy atom. The number of aryl methyl sites for hydroxylation is 1. The number of nitrogens with zero attached hydrogens (tertiary/aromatic N) is 2. The van der Waals surface area contributed by atoms with Crippen LogP contribution in [0.15, 0.2) is 12.4 Å². The van der Waals surface area contributed by atoms with Gasteiger partial charge >= 0.3 is 5.97 Å². The van der Waals surface area contributed by atoms with E-state index >= 15 is 0 Å². The minimum Gasteiger partial charge on any atom is -0.480 e. The molecule has 1 unspecified atom stereocenters. The third kappa shape index (κ3) is 1.21. The average molecular weight is 203 g/mol. The molecule has 1 atom stereocenters. The maximum atomic E-state index is 10.9. The van der Waals surface area contributed by atoms with Gasteiger partial charge in [0, 0.05) is 18.9 Å². The molecule has 1 aliphatic rings. The van der Waals surface area contributed by atoms with Crippen molar-refractivity contribution in [3.05, 3.63) is 18.2 Å². The fraction of sp³-hybridized carbons (Fsp3) is 0.500. The fourth-order valence-corrected chi connectivity index (χ4v) is 1.63. The summed E-state index contributed by atoms with van der Waals surface area (Å²) in [5, 5.41) is 8.98. The van der Waals surface area contributed by atoms with Crippen molar-refractivity contribution >= 4 is 18.4 Å². The zero-order valence-electron chi connectivity index (χ0n) is 7.23. The smallest absolute Gasteiger partial charge is 0.317 e. The summed E-state index contributed by atoms with van der Waals surface area (Å²) in [4.78, 5) is 15.0. The zero-order valence-corrected chi connectivity index (χ0v) is 8.04. The van der Waals surface area contributed by atoms with Crippen LogP contribution in [-0.4, -0.2) is 20.6 Å². The average Bonchev–Trinajstić information content (AvgIpc) is 2.54. The molecule has 2 rings (SSSR count). The van der Waals surface area contributed by atoms with Crippen LogP contribution in [0.2, 0.25) is 0 Å². The molecule has 72 valence electrons. The molecule has 0 radical (unpaired) electrons. The molecule has 0 bridgehead atoms. The molecule has 0 fully saturated rings. The number of aliphatic carboxylic acids is 1. The molecule has 0 amide bonds. The third-order valence-corrected chi connectivity index (χ3v) is 2.53. The van der Waals surface area contributed by atoms with Crippen molar-refractivity contribution in [3.8, 4) is 0 Å². The van der Waals surface area contributed by atoms with Gasteiger partial charge in [-0.15, -0.1) is 12.4 Å². The minimum absolute atomic E-state index is 0. The van der Waals surface area contributed by atoms with Gasteiger partial charge in [0.15, 0.2) is 0 Å². The third-order valence-electron chi connectivity index (χ3n) is 2.53. The van der Waals surface area contributed by atoms with Crippen LogP contribution in [0.4, 0.5) is 0 Å². The van der Waals surface area contributed by atoms with E-state index in [1.165, 1.54) is 0 Å². The summed E-state index contributed by atoms with van der Waals surface area (Å²) in [5.41, 5.74) is -0.774. The zero-order chi connectivity index (χ0) is 8.77. The molecule has 0 saturated heterocycles. The fourth-order valence-electron chi connectivity index (χ4n) is 1.63. The molecule has 1 aromatic heterocycles. The van der Waals surface area contributed by atoms with Crippen molar-refractivity contribution in [2.75, 3.05) is 0 Å². The van der Waals surface area contributed by atoms with Gasteiger partial charge in [-0.25, -0.2) is 4.98 Å². The summed E-state index contributed by atoms with van der Waals surface area (Å²) in [6.45, 7) is 2.49. The Labute approximate surface area is 82.0 Å². The Morgan fingerprint density at radius 1 is 1.77 bits per heavy atom. The Hall–Kier alpha value is -1.03. The van der Waals surface area contributed by atoms with Crippen molar-refractivity contribution in [1.29, 1.82) is 0 Å². The highest BCUT2D eigenvalue weighted by atomic mass is 35.5. The molecule has 0 saturated carbocycles. The van der Waals surface area contributed by atoms with Crippen LogP contribution < -0.4 is 0 Å². The topological polar surface area (TPSA) is 55.1 Å². The van der Waals surface area contributed by atoms with Crippen LogP contribution in [0, 0.1) is 0 Å². The molecular weight excluding hydrogens is 192 g/mol. The maximum Gasteiger partial charge on any atom is 0.317 e. The van der Waals surface area contributed by atoms with Crippen LogP contribution in [-0.2, 0) is 16.8 Å². The first-order chi connectivity index (χ1) is 5.64. The van der Waals surface area contributed by atoms with Crippen molar-refractivity contribution in [3.63, 3.8) is 0 Å². The monoisotopic (exact) mass is 202 g/mol. The Kier molecular flexibility index (Phi) is 2.34. The van der Waals surface area contributed by atoms with E-state index in [-0.39, 0.29) is 12.4 Å². The molecule has 0 aromatic carbocycles. The minimum atomic E-state index is -0.785. The van der Waals surface area contributed by atoms with Gasteiger partial charge in [0.25, 0.3) is 0 Å². The van der Waals surface area contributed by atoms with Crippen LogP contribution in [0.25, 0.3) is 0 Å². The van der Waals surface area contributed by atoms with Gasteiger partial charge in [0.2, 0.25) is 0 Å². The van der Waals surface area contributed by atoms with Gasteiger partial charge in [0.05, 0.1) is 0 Å². The van der Waals surface area contributed by atoms with E-state index in [1.54, 1.807) is 13.1 Å². The molecule has 0 aliphatic carbocycles. The van der Waals surface area contributed by atoms with E-state index in [4.69, 9.17) is 5.11 Å². The van der Waals surface area contributed by atoms with Crippen LogP contribution in [0.1, 0.15) is 19.2 Å². The second kappa shape index (κ2) is 3.03. The van der Waals surface area contributed by atoms with E-state index in [0.29, 0.717) is 12.2 Å². The Morgan fingerprint density at radius 2 is 2.46 bits per heavy atom. The summed E-state index contributed by atoms with van der Waals surface area (Å²) in [5.74, 6) is -0.109. The van der Waals surface area contributed by atoms with Crippen LogP contribution in [0.5, 0.6) is 0 Å². The highest BCUT2D eigenvalue weighted by Crippen LogP contribution is 2.32. The highest BCUT2D eigenvalue weighted by molar-refractivity contribution is 5.85. The first-order valence-corrected chi connectivity index (χ1v) is 3.89. The normalized spacial score (nSPS) is 25.0. The summed E-state index contributed by atoms with van der Waals surface area (Å²) < 4.78 is 1.90. The number of carbonyl (C=O) groups is 1. The summed E-state index contributed by atoms with van der Waals surface area (Å²) in [6.07, 6.45) is 4.12. The predicted molar refractivity (Wildman–Crippen MR) is 49.1 cm³/mol. The van der Waals surface area contributed by atoms with Gasteiger partial charge in [-0.2, -0.15) is 0 Å². The lowest BCUT2D eigenvalue weighted by molar-refractivity contribution is -0.143. The van der Waals surface area contributed by atoms with Gasteiger partial charge in [-0.05, 0) is 13.3 Å². The lowest BCUT2D eigenvalue weighted by atomic mass is 9.89. The number of carboxylic acids is 1. The van der Waals surface area contributed by atoms with Crippen LogP contribution in [0.3, 0.4) is 0 Å². The van der Waals surface area contributed by atoms with Gasteiger partial charge in [-0.3, -0.25) is 4.79 Å². The predicted octanol–water partition coefficient (Wildman–Crippen LogP) is 1.05. The molecule has 1 N–H and O–H groups in total. The molecule has 5 heteroatoms. The van der Waals surface area contributed by atoms with E-state index in [9.17, 15) is 4.79 Å². The van der Waals surface area contributed by atoms with E-state index in [1.807, 2.05) is 10.8 Å². The lowest BCUT2D eigenvalue weighted by Crippen LogP contribution is -2.30. The largest absolute Gasteiger partial charge is 0.480 e. The summed E-state index contributed by atoms with van der Waals surface area (Å²) in [6, 6.07) is 0. The molecule has 1 aromatic rings. The molecule has 13 heavy (non-hydrogen) atoms. The maximum absolute atomic E-state index is 10.9. The molecule has 0 spiro atoms. The number of hydrogen-bond acceptors (Lipinski definition) is 2. The summed E-state index contributed by atoms with van der Waals surface area (Å²) >= 11 is 0. The Balaban J connectivity index is 0.000000845. The van der Waals surface area contributed by atoms with Crippen LogP contribution >= 0.6 is 12.4 Å². The highest BCUT2D eigenvalue weighted by Gasteiger charge is 2.42. The van der Waals surface area contributed by atoms with Crippen molar-refractivity contribution in [1.82, 2.24) is 9.55 Å². The summed E-state index contributed by atoms with van der Waals surface area (Å²) in [7, 11) is 0.